The van der Waals surface area contributed by atoms with Gasteiger partial charge in [-0.25, -0.2) is 8.42 Å². The summed E-state index contributed by atoms with van der Waals surface area (Å²) in [7, 11) is -3.04. The van der Waals surface area contributed by atoms with Crippen LogP contribution in [0.15, 0.2) is 0 Å². The maximum absolute atomic E-state index is 11.6. The van der Waals surface area contributed by atoms with Crippen molar-refractivity contribution in [3.05, 3.63) is 0 Å². The summed E-state index contributed by atoms with van der Waals surface area (Å²) >= 11 is 0. The van der Waals surface area contributed by atoms with Gasteiger partial charge in [0.15, 0.2) is 9.84 Å². The van der Waals surface area contributed by atoms with E-state index in [0.717, 1.165) is 0 Å². The van der Waals surface area contributed by atoms with Gasteiger partial charge in [-0.1, -0.05) is 0 Å². The molecule has 0 bridgehead atoms. The zero-order chi connectivity index (χ0) is 13.1. The van der Waals surface area contributed by atoms with Crippen molar-refractivity contribution in [2.75, 3.05) is 18.1 Å². The molecule has 1 N–H and O–H groups in total. The third-order valence-corrected chi connectivity index (χ3v) is 5.12. The molecule has 0 spiro atoms. The highest BCUT2D eigenvalue weighted by molar-refractivity contribution is 7.91. The molecule has 0 aromatic rings. The van der Waals surface area contributed by atoms with Crippen LogP contribution in [0.3, 0.4) is 0 Å². The second-order valence-electron chi connectivity index (χ2n) is 4.77. The van der Waals surface area contributed by atoms with Crippen LogP contribution in [0.4, 0.5) is 0 Å². The highest BCUT2D eigenvalue weighted by Gasteiger charge is 2.41. The van der Waals surface area contributed by atoms with E-state index in [9.17, 15) is 13.2 Å². The molecule has 0 saturated carbocycles. The van der Waals surface area contributed by atoms with Gasteiger partial charge in [-0.05, 0) is 26.7 Å². The first-order valence-electron chi connectivity index (χ1n) is 5.85. The number of aliphatic carboxylic acids is 1. The fraction of sp³-hybridized carbons (Fsp3) is 0.909. The van der Waals surface area contributed by atoms with Crippen LogP contribution in [0.25, 0.3) is 0 Å². The molecule has 1 heterocycles. The summed E-state index contributed by atoms with van der Waals surface area (Å²) in [6.45, 7) is 3.88. The molecule has 17 heavy (non-hydrogen) atoms. The van der Waals surface area contributed by atoms with Gasteiger partial charge in [0.2, 0.25) is 0 Å². The van der Waals surface area contributed by atoms with Crippen LogP contribution in [0, 0.1) is 5.92 Å². The Labute approximate surface area is 102 Å². The van der Waals surface area contributed by atoms with Gasteiger partial charge < -0.3 is 9.84 Å². The number of hydrogen-bond donors (Lipinski definition) is 1. The average Bonchev–Trinajstić information content (AvgIpc) is 2.15. The van der Waals surface area contributed by atoms with Crippen molar-refractivity contribution in [2.45, 2.75) is 38.7 Å². The summed E-state index contributed by atoms with van der Waals surface area (Å²) in [6, 6.07) is 0. The molecule has 0 amide bonds. The highest BCUT2D eigenvalue weighted by Crippen LogP contribution is 2.34. The van der Waals surface area contributed by atoms with Crippen molar-refractivity contribution in [1.29, 1.82) is 0 Å². The molecule has 6 heteroatoms. The number of sulfone groups is 1. The molecule has 1 fully saturated rings. The number of carboxylic acids is 1. The minimum atomic E-state index is -3.04. The van der Waals surface area contributed by atoms with E-state index >= 15 is 0 Å². The largest absolute Gasteiger partial charge is 0.481 e. The van der Waals surface area contributed by atoms with Crippen LogP contribution in [0.5, 0.6) is 0 Å². The van der Waals surface area contributed by atoms with Crippen LogP contribution >= 0.6 is 0 Å². The normalized spacial score (nSPS) is 27.3. The van der Waals surface area contributed by atoms with E-state index in [1.54, 1.807) is 13.8 Å². The lowest BCUT2D eigenvalue weighted by molar-refractivity contribution is -0.148. The van der Waals surface area contributed by atoms with Crippen molar-refractivity contribution < 1.29 is 23.1 Å². The van der Waals surface area contributed by atoms with Crippen LogP contribution in [-0.2, 0) is 19.4 Å². The first-order valence-corrected chi connectivity index (χ1v) is 7.67. The van der Waals surface area contributed by atoms with Crippen LogP contribution < -0.4 is 0 Å². The molecule has 1 saturated heterocycles. The Bertz CT molecular complexity index is 375. The summed E-state index contributed by atoms with van der Waals surface area (Å²) in [4.78, 5) is 10.9. The lowest BCUT2D eigenvalue weighted by Crippen LogP contribution is -2.45. The molecule has 2 unspecified atom stereocenters. The number of carboxylic acid groups (broad SMARTS) is 1. The number of rotatable bonds is 5. The molecule has 2 atom stereocenters. The zero-order valence-electron chi connectivity index (χ0n) is 10.3. The number of hydrogen-bond acceptors (Lipinski definition) is 4. The van der Waals surface area contributed by atoms with Crippen LogP contribution in [0.1, 0.15) is 33.1 Å². The molecular weight excluding hydrogens is 244 g/mol. The highest BCUT2D eigenvalue weighted by atomic mass is 32.2. The quantitative estimate of drug-likeness (QED) is 0.803. The summed E-state index contributed by atoms with van der Waals surface area (Å²) in [6.07, 6.45) is 1.15. The third kappa shape index (κ3) is 3.96. The number of ether oxygens (including phenoxy) is 1. The first kappa shape index (κ1) is 14.4. The molecule has 1 aliphatic rings. The molecular formula is C11H20O5S. The Balaban J connectivity index is 2.86. The van der Waals surface area contributed by atoms with E-state index in [1.165, 1.54) is 0 Å². The average molecular weight is 264 g/mol. The van der Waals surface area contributed by atoms with Crippen LogP contribution in [-0.4, -0.2) is 43.2 Å². The maximum Gasteiger partial charge on any atom is 0.306 e. The van der Waals surface area contributed by atoms with Gasteiger partial charge in [0.25, 0.3) is 0 Å². The molecule has 1 aliphatic heterocycles. The molecule has 1 rings (SSSR count). The van der Waals surface area contributed by atoms with Crippen molar-refractivity contribution in [2.24, 2.45) is 5.92 Å². The van der Waals surface area contributed by atoms with Crippen molar-refractivity contribution in [3.8, 4) is 0 Å². The van der Waals surface area contributed by atoms with E-state index in [-0.39, 0.29) is 23.8 Å². The third-order valence-electron chi connectivity index (χ3n) is 3.30. The van der Waals surface area contributed by atoms with Gasteiger partial charge in [0, 0.05) is 12.5 Å². The minimum Gasteiger partial charge on any atom is -0.481 e. The van der Waals surface area contributed by atoms with Gasteiger partial charge in [0.05, 0.1) is 23.5 Å². The van der Waals surface area contributed by atoms with Crippen molar-refractivity contribution in [3.63, 3.8) is 0 Å². The van der Waals surface area contributed by atoms with E-state index < -0.39 is 21.4 Å². The summed E-state index contributed by atoms with van der Waals surface area (Å²) < 4.78 is 28.7. The lowest BCUT2D eigenvalue weighted by atomic mass is 9.84. The van der Waals surface area contributed by atoms with Gasteiger partial charge in [-0.15, -0.1) is 0 Å². The summed E-state index contributed by atoms with van der Waals surface area (Å²) in [5, 5.41) is 8.91. The van der Waals surface area contributed by atoms with Crippen molar-refractivity contribution in [1.82, 2.24) is 0 Å². The standard InChI is InChI=1S/C11H20O5S/c1-3-16-11(2,7-10(12)13)9-5-4-6-17(14,15)8-9/h9H,3-8H2,1-2H3,(H,12,13). The van der Waals surface area contributed by atoms with Gasteiger partial charge >= 0.3 is 5.97 Å². The Morgan fingerprint density at radius 3 is 2.65 bits per heavy atom. The molecule has 0 aromatic heterocycles. The van der Waals surface area contributed by atoms with E-state index in [4.69, 9.17) is 9.84 Å². The molecule has 0 aromatic carbocycles. The molecule has 0 radical (unpaired) electrons. The molecule has 5 nitrogen and oxygen atoms in total. The predicted octanol–water partition coefficient (Wildman–Crippen LogP) is 1.08. The van der Waals surface area contributed by atoms with Gasteiger partial charge in [-0.2, -0.15) is 0 Å². The first-order chi connectivity index (χ1) is 7.79. The zero-order valence-corrected chi connectivity index (χ0v) is 11.1. The van der Waals surface area contributed by atoms with Gasteiger partial charge in [-0.3, -0.25) is 4.79 Å². The summed E-state index contributed by atoms with van der Waals surface area (Å²) in [5.74, 6) is -0.934. The topological polar surface area (TPSA) is 80.7 Å². The Morgan fingerprint density at radius 1 is 1.53 bits per heavy atom. The SMILES string of the molecule is CCOC(C)(CC(=O)O)C1CCCS(=O)(=O)C1. The fourth-order valence-corrected chi connectivity index (χ4v) is 4.35. The Hall–Kier alpha value is -0.620. The number of carbonyl (C=O) groups is 1. The van der Waals surface area contributed by atoms with Gasteiger partial charge in [0.1, 0.15) is 0 Å². The smallest absolute Gasteiger partial charge is 0.306 e. The lowest BCUT2D eigenvalue weighted by Gasteiger charge is -2.38. The molecule has 100 valence electrons. The minimum absolute atomic E-state index is 0.0385. The van der Waals surface area contributed by atoms with E-state index in [0.29, 0.717) is 19.4 Å². The van der Waals surface area contributed by atoms with E-state index in [2.05, 4.69) is 0 Å². The second-order valence-corrected chi connectivity index (χ2v) is 7.00. The Morgan fingerprint density at radius 2 is 2.18 bits per heavy atom. The van der Waals surface area contributed by atoms with Crippen molar-refractivity contribution >= 4 is 15.8 Å². The summed E-state index contributed by atoms with van der Waals surface area (Å²) in [5.41, 5.74) is -0.881. The monoisotopic (exact) mass is 264 g/mol. The predicted molar refractivity (Wildman–Crippen MR) is 63.7 cm³/mol. The Kier molecular flexibility index (Phi) is 4.55. The molecule has 0 aliphatic carbocycles. The second kappa shape index (κ2) is 5.35. The van der Waals surface area contributed by atoms with Crippen LogP contribution in [0.2, 0.25) is 0 Å². The van der Waals surface area contributed by atoms with E-state index in [1.807, 2.05) is 0 Å². The fourth-order valence-electron chi connectivity index (χ4n) is 2.45. The maximum atomic E-state index is 11.6.